The smallest absolute Gasteiger partial charge is 0.221 e. The molecule has 0 fully saturated rings. The summed E-state index contributed by atoms with van der Waals surface area (Å²) < 4.78 is 0. The molecule has 0 aromatic rings. The number of hydrogen-bond acceptors (Lipinski definition) is 3. The molecule has 0 aromatic carbocycles. The molecule has 0 radical (unpaired) electrons. The molecule has 0 heterocycles. The first kappa shape index (κ1) is 22.4. The number of carbonyl (C=O) groups excluding carboxylic acids is 1. The summed E-state index contributed by atoms with van der Waals surface area (Å²) in [5, 5.41) is 13.2. The van der Waals surface area contributed by atoms with Crippen LogP contribution in [0, 0.1) is 5.21 Å². The normalized spacial score (nSPS) is 12.3. The van der Waals surface area contributed by atoms with Crippen molar-refractivity contribution >= 4 is 5.91 Å². The monoisotopic (exact) mass is 327 g/mol. The fraction of sp³-hybridized carbons (Fsp3) is 0.947. The van der Waals surface area contributed by atoms with Crippen molar-refractivity contribution in [2.75, 3.05) is 0 Å². The van der Waals surface area contributed by atoms with E-state index in [-0.39, 0.29) is 5.91 Å². The Bertz CT molecular complexity index is 256. The van der Waals surface area contributed by atoms with Crippen LogP contribution in [-0.4, -0.2) is 12.1 Å². The summed E-state index contributed by atoms with van der Waals surface area (Å²) in [5.74, 6) is -0.0109. The van der Waals surface area contributed by atoms with E-state index in [0.29, 0.717) is 12.8 Å². The summed E-state index contributed by atoms with van der Waals surface area (Å²) in [4.78, 5) is 11.6. The lowest BCUT2D eigenvalue weighted by Gasteiger charge is -2.21. The highest BCUT2D eigenvalue weighted by Crippen LogP contribution is 2.12. The molecule has 0 saturated heterocycles. The second kappa shape index (κ2) is 17.7. The van der Waals surface area contributed by atoms with Crippen molar-refractivity contribution in [1.82, 2.24) is 10.8 Å². The van der Waals surface area contributed by atoms with Gasteiger partial charge in [-0.3, -0.25) is 4.79 Å². The molecule has 0 rings (SSSR count). The number of hydrogen-bond donors (Lipinski definition) is 2. The van der Waals surface area contributed by atoms with Crippen LogP contribution in [0.4, 0.5) is 0 Å². The molecule has 1 amide bonds. The van der Waals surface area contributed by atoms with E-state index in [1.807, 2.05) is 12.4 Å². The van der Waals surface area contributed by atoms with Crippen molar-refractivity contribution in [2.24, 2.45) is 0 Å². The molecule has 0 saturated carbocycles. The Balaban J connectivity index is 3.20. The fourth-order valence-corrected chi connectivity index (χ4v) is 2.78. The van der Waals surface area contributed by atoms with Crippen LogP contribution in [0.2, 0.25) is 0 Å². The summed E-state index contributed by atoms with van der Waals surface area (Å²) in [6.07, 6.45) is 17.7. The highest BCUT2D eigenvalue weighted by atomic mass is 16.5. The fourth-order valence-electron chi connectivity index (χ4n) is 2.78. The third-order valence-electron chi connectivity index (χ3n) is 4.39. The minimum atomic E-state index is -0.426. The third kappa shape index (κ3) is 16.0. The second-order valence-corrected chi connectivity index (χ2v) is 6.64. The number of carbonyl (C=O) groups is 1. The average Bonchev–Trinajstić information content (AvgIpc) is 2.56. The van der Waals surface area contributed by atoms with Gasteiger partial charge in [-0.15, -0.1) is 0 Å². The Labute approximate surface area is 143 Å². The number of hydroxylamine groups is 1. The number of rotatable bonds is 17. The molecule has 4 heteroatoms. The molecule has 0 aliphatic rings. The minimum absolute atomic E-state index is 0.0109. The van der Waals surface area contributed by atoms with E-state index in [2.05, 4.69) is 12.2 Å². The molecule has 0 aliphatic carbocycles. The maximum atomic E-state index is 11.6. The van der Waals surface area contributed by atoms with Crippen LogP contribution in [0.25, 0.3) is 0 Å². The molecule has 1 atom stereocenters. The van der Waals surface area contributed by atoms with Crippen LogP contribution in [0.15, 0.2) is 0 Å². The van der Waals surface area contributed by atoms with Gasteiger partial charge in [0.2, 0.25) is 5.91 Å². The molecule has 0 bridgehead atoms. The molecule has 0 spiro atoms. The molecule has 4 nitrogen and oxygen atoms in total. The Morgan fingerprint density at radius 3 is 1.61 bits per heavy atom. The van der Waals surface area contributed by atoms with Crippen LogP contribution in [0.1, 0.15) is 110 Å². The topological polar surface area (TPSA) is 64.2 Å². The van der Waals surface area contributed by atoms with Crippen molar-refractivity contribution < 1.29 is 4.79 Å². The Morgan fingerprint density at radius 1 is 0.783 bits per heavy atom. The molecular weight excluding hydrogens is 288 g/mol. The standard InChI is InChI=1S/C19H39N2O2/c1-3-5-6-7-8-9-10-11-12-13-14-15-16-17-19(22)20-18(4-2)21-23/h18,21H,3-17H2,1-2H3,(H,20,22)/q-1. The van der Waals surface area contributed by atoms with Crippen LogP contribution in [0.5, 0.6) is 0 Å². The summed E-state index contributed by atoms with van der Waals surface area (Å²) in [7, 11) is 0. The molecule has 0 aromatic heterocycles. The lowest BCUT2D eigenvalue weighted by molar-refractivity contribution is -0.122. The zero-order chi connectivity index (χ0) is 17.2. The molecule has 0 aliphatic heterocycles. The lowest BCUT2D eigenvalue weighted by Crippen LogP contribution is -2.42. The van der Waals surface area contributed by atoms with Gasteiger partial charge in [0.15, 0.2) is 0 Å². The van der Waals surface area contributed by atoms with Gasteiger partial charge in [0.1, 0.15) is 0 Å². The van der Waals surface area contributed by atoms with Gasteiger partial charge < -0.3 is 16.0 Å². The molecule has 23 heavy (non-hydrogen) atoms. The Morgan fingerprint density at radius 2 is 1.22 bits per heavy atom. The molecule has 1 unspecified atom stereocenters. The molecular formula is C19H39N2O2-. The second-order valence-electron chi connectivity index (χ2n) is 6.64. The number of unbranched alkanes of at least 4 members (excludes halogenated alkanes) is 12. The van der Waals surface area contributed by atoms with Crippen molar-refractivity contribution in [3.8, 4) is 0 Å². The highest BCUT2D eigenvalue weighted by Gasteiger charge is 2.05. The van der Waals surface area contributed by atoms with Crippen LogP contribution >= 0.6 is 0 Å². The Hall–Kier alpha value is -0.610. The van der Waals surface area contributed by atoms with E-state index in [9.17, 15) is 10.0 Å². The summed E-state index contributed by atoms with van der Waals surface area (Å²) in [6.45, 7) is 4.14. The summed E-state index contributed by atoms with van der Waals surface area (Å²) in [6, 6.07) is 0. The van der Waals surface area contributed by atoms with Crippen molar-refractivity contribution in [1.29, 1.82) is 0 Å². The van der Waals surface area contributed by atoms with Crippen LogP contribution in [0.3, 0.4) is 0 Å². The summed E-state index contributed by atoms with van der Waals surface area (Å²) in [5.41, 5.74) is 1.85. The van der Waals surface area contributed by atoms with E-state index in [4.69, 9.17) is 0 Å². The lowest BCUT2D eigenvalue weighted by atomic mass is 10.0. The largest absolute Gasteiger partial charge is 0.786 e. The van der Waals surface area contributed by atoms with Crippen LogP contribution < -0.4 is 10.8 Å². The Kier molecular flexibility index (Phi) is 17.3. The predicted octanol–water partition coefficient (Wildman–Crippen LogP) is 5.41. The number of nitrogens with one attached hydrogen (secondary N) is 2. The van der Waals surface area contributed by atoms with Gasteiger partial charge in [0.25, 0.3) is 0 Å². The zero-order valence-electron chi connectivity index (χ0n) is 15.5. The van der Waals surface area contributed by atoms with Gasteiger partial charge >= 0.3 is 0 Å². The van der Waals surface area contributed by atoms with E-state index < -0.39 is 6.17 Å². The van der Waals surface area contributed by atoms with Gasteiger partial charge in [0.05, 0.1) is 6.17 Å². The van der Waals surface area contributed by atoms with Gasteiger partial charge in [-0.25, -0.2) is 0 Å². The van der Waals surface area contributed by atoms with E-state index >= 15 is 0 Å². The molecule has 2 N–H and O–H groups in total. The maximum Gasteiger partial charge on any atom is 0.221 e. The highest BCUT2D eigenvalue weighted by molar-refractivity contribution is 5.76. The third-order valence-corrected chi connectivity index (χ3v) is 4.39. The first-order chi connectivity index (χ1) is 11.2. The van der Waals surface area contributed by atoms with E-state index in [1.165, 1.54) is 70.6 Å². The van der Waals surface area contributed by atoms with Crippen molar-refractivity contribution in [2.45, 2.75) is 116 Å². The summed E-state index contributed by atoms with van der Waals surface area (Å²) >= 11 is 0. The zero-order valence-corrected chi connectivity index (χ0v) is 15.5. The van der Waals surface area contributed by atoms with E-state index in [0.717, 1.165) is 12.8 Å². The quantitative estimate of drug-likeness (QED) is 0.213. The van der Waals surface area contributed by atoms with Crippen molar-refractivity contribution in [3.63, 3.8) is 0 Å². The first-order valence-corrected chi connectivity index (χ1v) is 9.91. The number of amides is 1. The van der Waals surface area contributed by atoms with E-state index in [1.54, 1.807) is 0 Å². The van der Waals surface area contributed by atoms with Gasteiger partial charge in [-0.05, 0) is 12.8 Å². The maximum absolute atomic E-state index is 11.6. The average molecular weight is 328 g/mol. The predicted molar refractivity (Wildman–Crippen MR) is 99.0 cm³/mol. The van der Waals surface area contributed by atoms with Gasteiger partial charge in [-0.2, -0.15) is 0 Å². The molecule has 138 valence electrons. The van der Waals surface area contributed by atoms with Crippen LogP contribution in [-0.2, 0) is 4.79 Å². The first-order valence-electron chi connectivity index (χ1n) is 9.91. The minimum Gasteiger partial charge on any atom is -0.786 e. The SMILES string of the molecule is CCCCCCCCCCCCCCCC(=O)NC(CC)N[O-]. The van der Waals surface area contributed by atoms with Gasteiger partial charge in [0, 0.05) is 6.42 Å². The van der Waals surface area contributed by atoms with Gasteiger partial charge in [-0.1, -0.05) is 90.9 Å². The van der Waals surface area contributed by atoms with Crippen molar-refractivity contribution in [3.05, 3.63) is 5.21 Å².